The number of pyridine rings is 1. The molecule has 1 aromatic carbocycles. The molecule has 0 spiro atoms. The molecule has 124 valence electrons. The van der Waals surface area contributed by atoms with Crippen molar-refractivity contribution in [3.8, 4) is 17.0 Å². The minimum atomic E-state index is 0.00687. The molecule has 0 bridgehead atoms. The monoisotopic (exact) mass is 322 g/mol. The molecule has 1 saturated carbocycles. The Bertz CT molecular complexity index is 754. The van der Waals surface area contributed by atoms with Gasteiger partial charge in [-0.2, -0.15) is 0 Å². The van der Waals surface area contributed by atoms with Crippen LogP contribution in [0.1, 0.15) is 30.4 Å². The van der Waals surface area contributed by atoms with Gasteiger partial charge in [0.25, 0.3) is 0 Å². The third kappa shape index (κ3) is 3.28. The highest BCUT2D eigenvalue weighted by Crippen LogP contribution is 2.39. The summed E-state index contributed by atoms with van der Waals surface area (Å²) in [5.41, 5.74) is 4.38. The third-order valence-electron chi connectivity index (χ3n) is 4.68. The second-order valence-electron chi connectivity index (χ2n) is 6.91. The number of carbonyl (C=O) groups is 1. The highest BCUT2D eigenvalue weighted by Gasteiger charge is 2.28. The molecule has 1 aliphatic heterocycles. The maximum atomic E-state index is 11.9. The smallest absolute Gasteiger partial charge is 0.220 e. The maximum Gasteiger partial charge on any atom is 0.220 e. The van der Waals surface area contributed by atoms with E-state index in [0.29, 0.717) is 18.9 Å². The van der Waals surface area contributed by atoms with Gasteiger partial charge in [-0.3, -0.25) is 9.78 Å². The van der Waals surface area contributed by atoms with Gasteiger partial charge in [-0.05, 0) is 55.0 Å². The Kier molecular flexibility index (Phi) is 3.97. The van der Waals surface area contributed by atoms with Crippen LogP contribution in [-0.2, 0) is 11.2 Å². The third-order valence-corrected chi connectivity index (χ3v) is 4.68. The number of carbonyl (C=O) groups excluding carboxylic acids is 1. The van der Waals surface area contributed by atoms with Crippen LogP contribution < -0.4 is 10.1 Å². The number of nitrogens with one attached hydrogen (secondary N) is 1. The second-order valence-corrected chi connectivity index (χ2v) is 6.91. The van der Waals surface area contributed by atoms with Crippen LogP contribution in [0.3, 0.4) is 0 Å². The highest BCUT2D eigenvalue weighted by molar-refractivity contribution is 5.76. The molecular formula is C20H22N2O2. The molecule has 24 heavy (non-hydrogen) atoms. The Morgan fingerprint density at radius 2 is 2.21 bits per heavy atom. The molecule has 4 nitrogen and oxygen atoms in total. The summed E-state index contributed by atoms with van der Waals surface area (Å²) in [6.07, 6.45) is 5.71. The summed E-state index contributed by atoms with van der Waals surface area (Å²) in [6.45, 7) is 2.67. The van der Waals surface area contributed by atoms with Crippen molar-refractivity contribution in [1.29, 1.82) is 0 Å². The van der Waals surface area contributed by atoms with Gasteiger partial charge in [0, 0.05) is 24.6 Å². The lowest BCUT2D eigenvalue weighted by molar-refractivity contribution is -0.121. The van der Waals surface area contributed by atoms with Crippen LogP contribution in [0.4, 0.5) is 0 Å². The first kappa shape index (κ1) is 15.2. The van der Waals surface area contributed by atoms with E-state index in [4.69, 9.17) is 4.74 Å². The first-order valence-corrected chi connectivity index (χ1v) is 8.67. The molecule has 0 radical (unpaired) electrons. The van der Waals surface area contributed by atoms with Crippen LogP contribution in [-0.4, -0.2) is 23.5 Å². The molecule has 1 atom stereocenters. The summed E-state index contributed by atoms with van der Waals surface area (Å²) in [5.74, 6) is 1.68. The standard InChI is InChI=1S/C20H22N2O2/c1-13-8-15-11-16(12-22-19(23)10-14-5-6-14)24-20(15)17(9-13)18-4-2-3-7-21-18/h2-4,7-9,14,16H,5-6,10-12H2,1H3,(H,22,23). The Balaban J connectivity index is 1.48. The molecule has 4 heteroatoms. The number of hydrogen-bond acceptors (Lipinski definition) is 3. The number of rotatable bonds is 5. The van der Waals surface area contributed by atoms with E-state index in [1.807, 2.05) is 18.2 Å². The molecule has 1 aromatic heterocycles. The molecule has 2 aliphatic rings. The van der Waals surface area contributed by atoms with Gasteiger partial charge >= 0.3 is 0 Å². The Hall–Kier alpha value is -2.36. The van der Waals surface area contributed by atoms with Crippen molar-refractivity contribution in [3.63, 3.8) is 0 Å². The number of benzene rings is 1. The fourth-order valence-corrected chi connectivity index (χ4v) is 3.30. The molecule has 0 saturated heterocycles. The quantitative estimate of drug-likeness (QED) is 0.919. The summed E-state index contributed by atoms with van der Waals surface area (Å²) in [7, 11) is 0. The van der Waals surface area contributed by atoms with Gasteiger partial charge in [0.1, 0.15) is 11.9 Å². The zero-order valence-electron chi connectivity index (χ0n) is 13.9. The van der Waals surface area contributed by atoms with Crippen LogP contribution in [0.15, 0.2) is 36.5 Å². The predicted octanol–water partition coefficient (Wildman–Crippen LogP) is 3.28. The number of ether oxygens (including phenoxy) is 1. The summed E-state index contributed by atoms with van der Waals surface area (Å²) >= 11 is 0. The van der Waals surface area contributed by atoms with E-state index >= 15 is 0 Å². The van der Waals surface area contributed by atoms with Crippen molar-refractivity contribution >= 4 is 5.91 Å². The Morgan fingerprint density at radius 1 is 1.33 bits per heavy atom. The summed E-state index contributed by atoms with van der Waals surface area (Å²) in [5, 5.41) is 3.03. The minimum Gasteiger partial charge on any atom is -0.487 e. The maximum absolute atomic E-state index is 11.9. The first-order valence-electron chi connectivity index (χ1n) is 8.67. The molecule has 2 aromatic rings. The molecule has 2 heterocycles. The van der Waals surface area contributed by atoms with E-state index in [9.17, 15) is 4.79 Å². The lowest BCUT2D eigenvalue weighted by Crippen LogP contribution is -2.34. The average molecular weight is 322 g/mol. The van der Waals surface area contributed by atoms with Gasteiger partial charge in [0.2, 0.25) is 5.91 Å². The van der Waals surface area contributed by atoms with E-state index in [1.165, 1.54) is 24.0 Å². The number of aromatic nitrogens is 1. The Labute approximate surface area is 142 Å². The lowest BCUT2D eigenvalue weighted by atomic mass is 10.0. The van der Waals surface area contributed by atoms with E-state index in [-0.39, 0.29) is 12.0 Å². The molecule has 1 aliphatic carbocycles. The van der Waals surface area contributed by atoms with Gasteiger partial charge in [0.15, 0.2) is 0 Å². The lowest BCUT2D eigenvalue weighted by Gasteiger charge is -2.13. The first-order chi connectivity index (χ1) is 11.7. The van der Waals surface area contributed by atoms with Crippen LogP contribution in [0.5, 0.6) is 5.75 Å². The fraction of sp³-hybridized carbons (Fsp3) is 0.400. The van der Waals surface area contributed by atoms with E-state index in [0.717, 1.165) is 23.4 Å². The second kappa shape index (κ2) is 6.27. The zero-order valence-corrected chi connectivity index (χ0v) is 13.9. The normalized spacial score (nSPS) is 18.8. The fourth-order valence-electron chi connectivity index (χ4n) is 3.30. The number of aryl methyl sites for hydroxylation is 1. The summed E-state index contributed by atoms with van der Waals surface area (Å²) < 4.78 is 6.16. The number of amides is 1. The summed E-state index contributed by atoms with van der Waals surface area (Å²) in [4.78, 5) is 16.3. The minimum absolute atomic E-state index is 0.00687. The number of nitrogens with zero attached hydrogens (tertiary/aromatic N) is 1. The zero-order chi connectivity index (χ0) is 16.5. The topological polar surface area (TPSA) is 51.2 Å². The van der Waals surface area contributed by atoms with E-state index in [2.05, 4.69) is 29.4 Å². The van der Waals surface area contributed by atoms with Crippen molar-refractivity contribution < 1.29 is 9.53 Å². The van der Waals surface area contributed by atoms with Crippen molar-refractivity contribution in [2.24, 2.45) is 5.92 Å². The van der Waals surface area contributed by atoms with Crippen molar-refractivity contribution in [1.82, 2.24) is 10.3 Å². The van der Waals surface area contributed by atoms with Gasteiger partial charge in [-0.15, -0.1) is 0 Å². The molecule has 4 rings (SSSR count). The van der Waals surface area contributed by atoms with Gasteiger partial charge in [0.05, 0.1) is 12.2 Å². The van der Waals surface area contributed by atoms with Crippen LogP contribution >= 0.6 is 0 Å². The van der Waals surface area contributed by atoms with Gasteiger partial charge in [-0.25, -0.2) is 0 Å². The molecule has 1 unspecified atom stereocenters. The number of fused-ring (bicyclic) bond motifs is 1. The SMILES string of the molecule is Cc1cc2c(c(-c3ccccn3)c1)OC(CNC(=O)CC1CC1)C2. The van der Waals surface area contributed by atoms with Gasteiger partial charge < -0.3 is 10.1 Å². The van der Waals surface area contributed by atoms with E-state index < -0.39 is 0 Å². The van der Waals surface area contributed by atoms with Crippen LogP contribution in [0.2, 0.25) is 0 Å². The van der Waals surface area contributed by atoms with Crippen molar-refractivity contribution in [2.75, 3.05) is 6.54 Å². The molecule has 1 fully saturated rings. The van der Waals surface area contributed by atoms with E-state index in [1.54, 1.807) is 6.20 Å². The predicted molar refractivity (Wildman–Crippen MR) is 92.9 cm³/mol. The largest absolute Gasteiger partial charge is 0.487 e. The molecule has 1 amide bonds. The van der Waals surface area contributed by atoms with Crippen LogP contribution in [0.25, 0.3) is 11.3 Å². The van der Waals surface area contributed by atoms with Crippen molar-refractivity contribution in [3.05, 3.63) is 47.7 Å². The number of hydrogen-bond donors (Lipinski definition) is 1. The van der Waals surface area contributed by atoms with Crippen molar-refractivity contribution in [2.45, 2.75) is 38.7 Å². The highest BCUT2D eigenvalue weighted by atomic mass is 16.5. The Morgan fingerprint density at radius 3 is 2.96 bits per heavy atom. The van der Waals surface area contributed by atoms with Crippen LogP contribution in [0, 0.1) is 12.8 Å². The van der Waals surface area contributed by atoms with Gasteiger partial charge in [-0.1, -0.05) is 12.1 Å². The molecular weight excluding hydrogens is 300 g/mol. The average Bonchev–Trinajstić information content (AvgIpc) is 3.30. The molecule has 1 N–H and O–H groups in total. The summed E-state index contributed by atoms with van der Waals surface area (Å²) in [6, 6.07) is 10.2.